The third-order valence-corrected chi connectivity index (χ3v) is 3.58. The van der Waals surface area contributed by atoms with Gasteiger partial charge in [0.15, 0.2) is 0 Å². The van der Waals surface area contributed by atoms with E-state index >= 15 is 0 Å². The second-order valence-corrected chi connectivity index (χ2v) is 4.85. The van der Waals surface area contributed by atoms with E-state index in [0.29, 0.717) is 6.61 Å². The molecule has 0 saturated heterocycles. The summed E-state index contributed by atoms with van der Waals surface area (Å²) in [5.74, 6) is 0. The molecule has 1 aliphatic rings. The van der Waals surface area contributed by atoms with E-state index in [1.807, 2.05) is 22.9 Å². The summed E-state index contributed by atoms with van der Waals surface area (Å²) in [5.41, 5.74) is 6.06. The van der Waals surface area contributed by atoms with Gasteiger partial charge < -0.3 is 4.74 Å². The monoisotopic (exact) mass is 254 g/mol. The van der Waals surface area contributed by atoms with Crippen LogP contribution in [0.5, 0.6) is 0 Å². The summed E-state index contributed by atoms with van der Waals surface area (Å²) in [6, 6.07) is 10.3. The molecule has 98 valence electrons. The number of aryl methyl sites for hydroxylation is 1. The van der Waals surface area contributed by atoms with Gasteiger partial charge in [-0.25, -0.2) is 4.68 Å². The first kappa shape index (κ1) is 12.2. The quantitative estimate of drug-likeness (QED) is 0.822. The molecule has 0 bridgehead atoms. The SMILES string of the molecule is Cc1nn(-c2ccccc2)c(C)c1C1=CCOCC1. The van der Waals surface area contributed by atoms with Crippen LogP contribution in [0, 0.1) is 13.8 Å². The first-order valence-corrected chi connectivity index (χ1v) is 6.66. The van der Waals surface area contributed by atoms with Gasteiger partial charge in [0.1, 0.15) is 0 Å². The van der Waals surface area contributed by atoms with Crippen molar-refractivity contribution in [3.63, 3.8) is 0 Å². The van der Waals surface area contributed by atoms with Gasteiger partial charge in [0.2, 0.25) is 0 Å². The van der Waals surface area contributed by atoms with Gasteiger partial charge in [-0.05, 0) is 38.0 Å². The summed E-state index contributed by atoms with van der Waals surface area (Å²) in [5, 5.41) is 4.69. The minimum atomic E-state index is 0.713. The van der Waals surface area contributed by atoms with Gasteiger partial charge in [-0.15, -0.1) is 0 Å². The van der Waals surface area contributed by atoms with Crippen LogP contribution in [0.2, 0.25) is 0 Å². The smallest absolute Gasteiger partial charge is 0.0676 e. The van der Waals surface area contributed by atoms with Gasteiger partial charge in [-0.2, -0.15) is 5.10 Å². The molecule has 0 N–H and O–H groups in total. The highest BCUT2D eigenvalue weighted by molar-refractivity contribution is 5.70. The van der Waals surface area contributed by atoms with E-state index < -0.39 is 0 Å². The van der Waals surface area contributed by atoms with Crippen LogP contribution in [-0.2, 0) is 4.74 Å². The zero-order valence-corrected chi connectivity index (χ0v) is 11.4. The standard InChI is InChI=1S/C16H18N2O/c1-12-16(14-8-10-19-11-9-14)13(2)18(17-12)15-6-4-3-5-7-15/h3-8H,9-11H2,1-2H3. The van der Waals surface area contributed by atoms with Crippen molar-refractivity contribution in [1.82, 2.24) is 9.78 Å². The first-order valence-electron chi connectivity index (χ1n) is 6.66. The second-order valence-electron chi connectivity index (χ2n) is 4.85. The van der Waals surface area contributed by atoms with Crippen molar-refractivity contribution in [3.8, 4) is 5.69 Å². The van der Waals surface area contributed by atoms with Crippen LogP contribution in [0.25, 0.3) is 11.3 Å². The number of hydrogen-bond donors (Lipinski definition) is 0. The molecular weight excluding hydrogens is 236 g/mol. The average Bonchev–Trinajstić information content (AvgIpc) is 2.76. The topological polar surface area (TPSA) is 27.1 Å². The molecule has 0 amide bonds. The largest absolute Gasteiger partial charge is 0.377 e. The molecule has 0 saturated carbocycles. The van der Waals surface area contributed by atoms with Crippen molar-refractivity contribution in [2.75, 3.05) is 13.2 Å². The van der Waals surface area contributed by atoms with E-state index in [1.165, 1.54) is 16.8 Å². The van der Waals surface area contributed by atoms with Gasteiger partial charge in [0.25, 0.3) is 0 Å². The molecule has 2 aromatic rings. The van der Waals surface area contributed by atoms with Crippen LogP contribution in [-0.4, -0.2) is 23.0 Å². The highest BCUT2D eigenvalue weighted by Gasteiger charge is 2.17. The predicted octanol–water partition coefficient (Wildman–Crippen LogP) is 3.29. The molecule has 0 radical (unpaired) electrons. The first-order chi connectivity index (χ1) is 9.27. The van der Waals surface area contributed by atoms with Crippen LogP contribution < -0.4 is 0 Å². The van der Waals surface area contributed by atoms with Crippen molar-refractivity contribution in [2.24, 2.45) is 0 Å². The highest BCUT2D eigenvalue weighted by Crippen LogP contribution is 2.28. The number of benzene rings is 1. The lowest BCUT2D eigenvalue weighted by Gasteiger charge is -2.14. The maximum absolute atomic E-state index is 5.39. The molecule has 1 aliphatic heterocycles. The number of nitrogens with zero attached hydrogens (tertiary/aromatic N) is 2. The number of hydrogen-bond acceptors (Lipinski definition) is 2. The van der Waals surface area contributed by atoms with Crippen LogP contribution in [0.4, 0.5) is 0 Å². The molecule has 1 aromatic heterocycles. The zero-order valence-electron chi connectivity index (χ0n) is 11.4. The van der Waals surface area contributed by atoms with E-state index in [0.717, 1.165) is 24.4 Å². The maximum atomic E-state index is 5.39. The molecule has 1 aromatic carbocycles. The van der Waals surface area contributed by atoms with E-state index in [9.17, 15) is 0 Å². The minimum absolute atomic E-state index is 0.713. The Labute approximate surface area is 113 Å². The van der Waals surface area contributed by atoms with Crippen molar-refractivity contribution >= 4 is 5.57 Å². The molecule has 19 heavy (non-hydrogen) atoms. The van der Waals surface area contributed by atoms with Crippen LogP contribution >= 0.6 is 0 Å². The molecule has 3 rings (SSSR count). The van der Waals surface area contributed by atoms with Gasteiger partial charge in [0.05, 0.1) is 24.6 Å². The summed E-state index contributed by atoms with van der Waals surface area (Å²) in [6.07, 6.45) is 3.15. The number of aromatic nitrogens is 2. The maximum Gasteiger partial charge on any atom is 0.0676 e. The summed E-state index contributed by atoms with van der Waals surface area (Å²) in [6.45, 7) is 5.74. The minimum Gasteiger partial charge on any atom is -0.377 e. The molecule has 0 fully saturated rings. The Bertz CT molecular complexity index is 611. The summed E-state index contributed by atoms with van der Waals surface area (Å²) in [4.78, 5) is 0. The molecule has 0 atom stereocenters. The Morgan fingerprint density at radius 2 is 1.95 bits per heavy atom. The third kappa shape index (κ3) is 2.22. The molecule has 0 spiro atoms. The van der Waals surface area contributed by atoms with Gasteiger partial charge in [-0.1, -0.05) is 24.3 Å². The normalized spacial score (nSPS) is 15.4. The van der Waals surface area contributed by atoms with E-state index in [4.69, 9.17) is 9.84 Å². The van der Waals surface area contributed by atoms with Gasteiger partial charge >= 0.3 is 0 Å². The van der Waals surface area contributed by atoms with Crippen molar-refractivity contribution in [1.29, 1.82) is 0 Å². The Balaban J connectivity index is 2.08. The lowest BCUT2D eigenvalue weighted by molar-refractivity contribution is 0.161. The van der Waals surface area contributed by atoms with Gasteiger partial charge in [0, 0.05) is 11.3 Å². The Hall–Kier alpha value is -1.87. The average molecular weight is 254 g/mol. The van der Waals surface area contributed by atoms with Crippen LogP contribution in [0.15, 0.2) is 36.4 Å². The lowest BCUT2D eigenvalue weighted by Crippen LogP contribution is -2.05. The van der Waals surface area contributed by atoms with Crippen LogP contribution in [0.1, 0.15) is 23.4 Å². The van der Waals surface area contributed by atoms with Gasteiger partial charge in [-0.3, -0.25) is 0 Å². The molecule has 0 unspecified atom stereocenters. The molecule has 0 aliphatic carbocycles. The predicted molar refractivity (Wildman–Crippen MR) is 76.5 cm³/mol. The fourth-order valence-electron chi connectivity index (χ4n) is 2.68. The Kier molecular flexibility index (Phi) is 3.22. The zero-order chi connectivity index (χ0) is 13.2. The summed E-state index contributed by atoms with van der Waals surface area (Å²) in [7, 11) is 0. The third-order valence-electron chi connectivity index (χ3n) is 3.58. The number of ether oxygens (including phenoxy) is 1. The summed E-state index contributed by atoms with van der Waals surface area (Å²) >= 11 is 0. The Morgan fingerprint density at radius 1 is 1.16 bits per heavy atom. The van der Waals surface area contributed by atoms with E-state index in [-0.39, 0.29) is 0 Å². The van der Waals surface area contributed by atoms with Crippen molar-refractivity contribution in [2.45, 2.75) is 20.3 Å². The van der Waals surface area contributed by atoms with Crippen molar-refractivity contribution in [3.05, 3.63) is 53.4 Å². The Morgan fingerprint density at radius 3 is 2.63 bits per heavy atom. The molecular formula is C16H18N2O. The van der Waals surface area contributed by atoms with Crippen molar-refractivity contribution < 1.29 is 4.74 Å². The number of para-hydroxylation sites is 1. The lowest BCUT2D eigenvalue weighted by atomic mass is 10.00. The van der Waals surface area contributed by atoms with Crippen LogP contribution in [0.3, 0.4) is 0 Å². The summed E-state index contributed by atoms with van der Waals surface area (Å²) < 4.78 is 7.42. The molecule has 3 heteroatoms. The van der Waals surface area contributed by atoms with E-state index in [1.54, 1.807) is 0 Å². The second kappa shape index (κ2) is 5.02. The number of rotatable bonds is 2. The van der Waals surface area contributed by atoms with E-state index in [2.05, 4.69) is 32.1 Å². The fraction of sp³-hybridized carbons (Fsp3) is 0.312. The molecule has 3 nitrogen and oxygen atoms in total. The highest BCUT2D eigenvalue weighted by atomic mass is 16.5. The fourth-order valence-corrected chi connectivity index (χ4v) is 2.68. The molecule has 2 heterocycles.